The highest BCUT2D eigenvalue weighted by molar-refractivity contribution is 4.74. The van der Waals surface area contributed by atoms with Gasteiger partial charge >= 0.3 is 6.18 Å². The third-order valence-corrected chi connectivity index (χ3v) is 3.27. The Morgan fingerprint density at radius 3 is 1.63 bits per heavy atom. The maximum absolute atomic E-state index is 12.8. The highest BCUT2D eigenvalue weighted by atomic mass is 19.4. The van der Waals surface area contributed by atoms with Crippen molar-refractivity contribution in [2.75, 3.05) is 26.2 Å². The highest BCUT2D eigenvalue weighted by Gasteiger charge is 2.39. The minimum absolute atomic E-state index is 0.0272. The zero-order valence-corrected chi connectivity index (χ0v) is 12.6. The second-order valence-corrected chi connectivity index (χ2v) is 6.14. The lowest BCUT2D eigenvalue weighted by molar-refractivity contribution is -0.176. The second kappa shape index (κ2) is 8.80. The highest BCUT2D eigenvalue weighted by Crippen LogP contribution is 2.26. The fourth-order valence-electron chi connectivity index (χ4n) is 1.80. The third kappa shape index (κ3) is 9.27. The summed E-state index contributed by atoms with van der Waals surface area (Å²) in [7, 11) is 0. The summed E-state index contributed by atoms with van der Waals surface area (Å²) in [4.78, 5) is 1.92. The van der Waals surface area contributed by atoms with Gasteiger partial charge in [0.15, 0.2) is 0 Å². The van der Waals surface area contributed by atoms with Crippen LogP contribution in [-0.2, 0) is 0 Å². The summed E-state index contributed by atoms with van der Waals surface area (Å²) in [5.74, 6) is -0.403. The summed E-state index contributed by atoms with van der Waals surface area (Å²) < 4.78 is 38.3. The molecule has 2 N–H and O–H groups in total. The summed E-state index contributed by atoms with van der Waals surface area (Å²) in [6, 6.07) is 0. The van der Waals surface area contributed by atoms with E-state index in [0.29, 0.717) is 11.8 Å². The third-order valence-electron chi connectivity index (χ3n) is 3.27. The van der Waals surface area contributed by atoms with Gasteiger partial charge in [0.1, 0.15) is 0 Å². The summed E-state index contributed by atoms with van der Waals surface area (Å²) in [5.41, 5.74) is 5.27. The molecule has 0 bridgehead atoms. The van der Waals surface area contributed by atoms with Crippen molar-refractivity contribution in [1.82, 2.24) is 4.90 Å². The molecule has 0 rings (SSSR count). The Hall–Kier alpha value is -0.290. The topological polar surface area (TPSA) is 29.3 Å². The second-order valence-electron chi connectivity index (χ2n) is 6.14. The Morgan fingerprint density at radius 2 is 1.37 bits per heavy atom. The number of alkyl halides is 3. The van der Waals surface area contributed by atoms with Gasteiger partial charge in [0, 0.05) is 13.1 Å². The van der Waals surface area contributed by atoms with Crippen molar-refractivity contribution in [2.24, 2.45) is 23.5 Å². The average Bonchev–Trinajstić information content (AvgIpc) is 2.25. The molecule has 0 spiro atoms. The Balaban J connectivity index is 4.45. The van der Waals surface area contributed by atoms with Gasteiger partial charge in [0.2, 0.25) is 0 Å². The molecule has 0 aliphatic heterocycles. The molecule has 19 heavy (non-hydrogen) atoms. The summed E-state index contributed by atoms with van der Waals surface area (Å²) >= 11 is 0. The smallest absolute Gasteiger partial charge is 0.330 e. The van der Waals surface area contributed by atoms with Crippen molar-refractivity contribution in [1.29, 1.82) is 0 Å². The van der Waals surface area contributed by atoms with Gasteiger partial charge in [0.25, 0.3) is 0 Å². The monoisotopic (exact) mass is 282 g/mol. The molecule has 1 atom stereocenters. The van der Waals surface area contributed by atoms with Crippen molar-refractivity contribution in [3.05, 3.63) is 0 Å². The first-order valence-corrected chi connectivity index (χ1v) is 7.15. The summed E-state index contributed by atoms with van der Waals surface area (Å²) in [6.07, 6.45) is -2.34. The lowest BCUT2D eigenvalue weighted by Gasteiger charge is -2.29. The van der Waals surface area contributed by atoms with Gasteiger partial charge in [-0.2, -0.15) is 13.2 Å². The number of hydrogen-bond acceptors (Lipinski definition) is 2. The van der Waals surface area contributed by atoms with Gasteiger partial charge in [0.05, 0.1) is 5.92 Å². The van der Waals surface area contributed by atoms with E-state index in [0.717, 1.165) is 25.9 Å². The normalized spacial score (nSPS) is 14.7. The van der Waals surface area contributed by atoms with E-state index in [9.17, 15) is 13.2 Å². The standard InChI is InChI=1S/C14H29F3N2/c1-11(2)5-7-19(8-6-12(3)4)10-13(9-18)14(15,16)17/h11-13H,5-10,18H2,1-4H3. The maximum Gasteiger partial charge on any atom is 0.394 e. The lowest BCUT2D eigenvalue weighted by atomic mass is 10.1. The van der Waals surface area contributed by atoms with Crippen molar-refractivity contribution in [3.63, 3.8) is 0 Å². The molecule has 0 saturated carbocycles. The van der Waals surface area contributed by atoms with Crippen molar-refractivity contribution >= 4 is 0 Å². The minimum Gasteiger partial charge on any atom is -0.330 e. The van der Waals surface area contributed by atoms with E-state index in [1.54, 1.807) is 0 Å². The van der Waals surface area contributed by atoms with E-state index in [4.69, 9.17) is 5.73 Å². The van der Waals surface area contributed by atoms with Crippen molar-refractivity contribution in [2.45, 2.75) is 46.7 Å². The number of nitrogens with zero attached hydrogens (tertiary/aromatic N) is 1. The van der Waals surface area contributed by atoms with Crippen LogP contribution in [0.3, 0.4) is 0 Å². The number of hydrogen-bond donors (Lipinski definition) is 1. The molecule has 0 aromatic rings. The molecule has 0 heterocycles. The Bertz CT molecular complexity index is 215. The molecule has 116 valence electrons. The van der Waals surface area contributed by atoms with Gasteiger partial charge in [-0.3, -0.25) is 0 Å². The molecule has 1 unspecified atom stereocenters. The van der Waals surface area contributed by atoms with Crippen LogP contribution < -0.4 is 5.73 Å². The predicted octanol–water partition coefficient (Wildman–Crippen LogP) is 3.52. The van der Waals surface area contributed by atoms with Crippen molar-refractivity contribution in [3.8, 4) is 0 Å². The first-order valence-electron chi connectivity index (χ1n) is 7.15. The van der Waals surface area contributed by atoms with Crippen molar-refractivity contribution < 1.29 is 13.2 Å². The molecule has 0 aliphatic rings. The SMILES string of the molecule is CC(C)CCN(CCC(C)C)CC(CN)C(F)(F)F. The van der Waals surface area contributed by atoms with E-state index < -0.39 is 12.1 Å². The van der Waals surface area contributed by atoms with E-state index in [2.05, 4.69) is 27.7 Å². The van der Waals surface area contributed by atoms with E-state index >= 15 is 0 Å². The lowest BCUT2D eigenvalue weighted by Crippen LogP contribution is -2.42. The molecular weight excluding hydrogens is 253 g/mol. The number of halogens is 3. The Morgan fingerprint density at radius 1 is 0.947 bits per heavy atom. The van der Waals surface area contributed by atoms with Gasteiger partial charge in [-0.15, -0.1) is 0 Å². The van der Waals surface area contributed by atoms with Crippen LogP contribution in [-0.4, -0.2) is 37.3 Å². The zero-order valence-electron chi connectivity index (χ0n) is 12.6. The van der Waals surface area contributed by atoms with Crippen LogP contribution in [0.25, 0.3) is 0 Å². The Kier molecular flexibility index (Phi) is 8.66. The van der Waals surface area contributed by atoms with Gasteiger partial charge in [-0.1, -0.05) is 27.7 Å². The molecule has 0 radical (unpaired) electrons. The fourth-order valence-corrected chi connectivity index (χ4v) is 1.80. The molecule has 0 aliphatic carbocycles. The summed E-state index contributed by atoms with van der Waals surface area (Å²) in [5, 5.41) is 0. The Labute approximate surface area is 115 Å². The van der Waals surface area contributed by atoms with Gasteiger partial charge in [-0.05, 0) is 37.8 Å². The minimum atomic E-state index is -4.19. The molecule has 0 aromatic carbocycles. The van der Waals surface area contributed by atoms with Crippen LogP contribution in [0.1, 0.15) is 40.5 Å². The van der Waals surface area contributed by atoms with Crippen LogP contribution in [0.4, 0.5) is 13.2 Å². The molecular formula is C14H29F3N2. The van der Waals surface area contributed by atoms with Crippen LogP contribution in [0.2, 0.25) is 0 Å². The molecule has 0 amide bonds. The average molecular weight is 282 g/mol. The number of nitrogens with two attached hydrogens (primary N) is 1. The van der Waals surface area contributed by atoms with Crippen LogP contribution in [0.15, 0.2) is 0 Å². The maximum atomic E-state index is 12.8. The molecule has 2 nitrogen and oxygen atoms in total. The van der Waals surface area contributed by atoms with Gasteiger partial charge < -0.3 is 10.6 Å². The van der Waals surface area contributed by atoms with E-state index in [1.165, 1.54) is 0 Å². The quantitative estimate of drug-likeness (QED) is 0.701. The molecule has 0 aromatic heterocycles. The van der Waals surface area contributed by atoms with Crippen LogP contribution in [0.5, 0.6) is 0 Å². The van der Waals surface area contributed by atoms with Crippen LogP contribution >= 0.6 is 0 Å². The van der Waals surface area contributed by atoms with E-state index in [-0.39, 0.29) is 13.1 Å². The predicted molar refractivity (Wildman–Crippen MR) is 73.9 cm³/mol. The molecule has 5 heteroatoms. The first kappa shape index (κ1) is 18.7. The summed E-state index contributed by atoms with van der Waals surface area (Å²) in [6.45, 7) is 9.49. The molecule has 0 saturated heterocycles. The fraction of sp³-hybridized carbons (Fsp3) is 1.00. The first-order chi connectivity index (χ1) is 8.66. The zero-order chi connectivity index (χ0) is 15.1. The largest absolute Gasteiger partial charge is 0.394 e. The number of rotatable bonds is 9. The molecule has 0 fully saturated rings. The van der Waals surface area contributed by atoms with Gasteiger partial charge in [-0.25, -0.2) is 0 Å². The van der Waals surface area contributed by atoms with Crippen LogP contribution in [0, 0.1) is 17.8 Å². The van der Waals surface area contributed by atoms with E-state index in [1.807, 2.05) is 4.90 Å².